The summed E-state index contributed by atoms with van der Waals surface area (Å²) in [7, 11) is 0. The monoisotopic (exact) mass is 231 g/mol. The van der Waals surface area contributed by atoms with E-state index in [1.165, 1.54) is 0 Å². The first-order valence-electron chi connectivity index (χ1n) is 3.91. The number of hydrogen-bond acceptors (Lipinski definition) is 5. The zero-order chi connectivity index (χ0) is 9.97. The van der Waals surface area contributed by atoms with Gasteiger partial charge in [0.05, 0.1) is 5.97 Å². The second kappa shape index (κ2) is 5.57. The SMILES string of the molecule is O=C([O-])COn1nnc2ccccc21.[K]. The smallest absolute Gasteiger partial charge is 0.156 e. The Morgan fingerprint density at radius 3 is 2.93 bits per heavy atom. The van der Waals surface area contributed by atoms with Crippen molar-refractivity contribution in [2.24, 2.45) is 0 Å². The Morgan fingerprint density at radius 2 is 2.20 bits per heavy atom. The Kier molecular flexibility index (Phi) is 4.67. The molecule has 0 aliphatic heterocycles. The Morgan fingerprint density at radius 1 is 1.47 bits per heavy atom. The first kappa shape index (κ1) is 12.6. The average molecular weight is 231 g/mol. The molecule has 7 heteroatoms. The van der Waals surface area contributed by atoms with E-state index in [2.05, 4.69) is 10.3 Å². The number of nitrogens with zero attached hydrogens (tertiary/aromatic N) is 3. The molecule has 0 saturated carbocycles. The predicted molar refractivity (Wildman–Crippen MR) is 49.7 cm³/mol. The Labute approximate surface area is 128 Å². The summed E-state index contributed by atoms with van der Waals surface area (Å²) < 4.78 is 0. The zero-order valence-corrected chi connectivity index (χ0v) is 11.2. The summed E-state index contributed by atoms with van der Waals surface area (Å²) in [6.07, 6.45) is 0. The molecule has 2 rings (SSSR count). The van der Waals surface area contributed by atoms with Crippen molar-refractivity contribution in [3.05, 3.63) is 24.3 Å². The van der Waals surface area contributed by atoms with Crippen molar-refractivity contribution in [2.45, 2.75) is 0 Å². The standard InChI is InChI=1S/C8H7N3O3.K/c12-8(13)5-14-11-7-4-2-1-3-6(7)9-10-11;/h1-4H,5H2,(H,12,13);/p-1. The molecule has 0 aliphatic rings. The average Bonchev–Trinajstić information content (AvgIpc) is 2.58. The Bertz CT molecular complexity index is 471. The van der Waals surface area contributed by atoms with E-state index in [-0.39, 0.29) is 51.4 Å². The molecule has 6 nitrogen and oxygen atoms in total. The quantitative estimate of drug-likeness (QED) is 0.584. The van der Waals surface area contributed by atoms with Crippen LogP contribution in [0.2, 0.25) is 0 Å². The van der Waals surface area contributed by atoms with Crippen molar-refractivity contribution in [1.29, 1.82) is 0 Å². The second-order valence-corrected chi connectivity index (χ2v) is 2.60. The van der Waals surface area contributed by atoms with Crippen LogP contribution >= 0.6 is 0 Å². The summed E-state index contributed by atoms with van der Waals surface area (Å²) in [5.41, 5.74) is 1.26. The molecule has 1 aromatic carbocycles. The summed E-state index contributed by atoms with van der Waals surface area (Å²) in [6.45, 7) is -0.548. The van der Waals surface area contributed by atoms with Crippen LogP contribution in [0, 0.1) is 0 Å². The van der Waals surface area contributed by atoms with Gasteiger partial charge in [-0.1, -0.05) is 17.0 Å². The van der Waals surface area contributed by atoms with E-state index in [4.69, 9.17) is 4.84 Å². The van der Waals surface area contributed by atoms with Crippen molar-refractivity contribution in [1.82, 2.24) is 15.2 Å². The number of carbonyl (C=O) groups is 1. The molecule has 0 fully saturated rings. The number of carbonyl (C=O) groups excluding carboxylic acids is 1. The van der Waals surface area contributed by atoms with Crippen LogP contribution in [0.1, 0.15) is 0 Å². The Balaban J connectivity index is 0.00000112. The summed E-state index contributed by atoms with van der Waals surface area (Å²) in [5.74, 6) is -1.30. The van der Waals surface area contributed by atoms with Crippen molar-refractivity contribution in [2.75, 3.05) is 6.61 Å². The number of benzene rings is 1. The number of aliphatic carboxylic acids is 1. The van der Waals surface area contributed by atoms with Crippen LogP contribution in [-0.4, -0.2) is 79.1 Å². The number of hydrogen-bond donors (Lipinski definition) is 0. The number of carboxylic acid groups (broad SMARTS) is 1. The summed E-state index contributed by atoms with van der Waals surface area (Å²) >= 11 is 0. The van der Waals surface area contributed by atoms with Gasteiger partial charge in [0.2, 0.25) is 0 Å². The number of carboxylic acids is 1. The molecule has 0 bridgehead atoms. The number of para-hydroxylation sites is 1. The molecule has 0 aliphatic carbocycles. The minimum absolute atomic E-state index is 0. The van der Waals surface area contributed by atoms with E-state index >= 15 is 0 Å². The molecular formula is C8H6KN3O3-. The molecule has 15 heavy (non-hydrogen) atoms. The van der Waals surface area contributed by atoms with Gasteiger partial charge in [-0.3, -0.25) is 0 Å². The van der Waals surface area contributed by atoms with Gasteiger partial charge in [0.15, 0.2) is 6.61 Å². The van der Waals surface area contributed by atoms with E-state index in [0.29, 0.717) is 11.0 Å². The largest absolute Gasteiger partial charge is 0.546 e. The summed E-state index contributed by atoms with van der Waals surface area (Å²) in [4.78, 5) is 16.0. The molecule has 73 valence electrons. The topological polar surface area (TPSA) is 80.1 Å². The molecule has 1 aromatic heterocycles. The number of aromatic nitrogens is 3. The third kappa shape index (κ3) is 2.99. The van der Waals surface area contributed by atoms with Gasteiger partial charge in [-0.05, 0) is 17.3 Å². The van der Waals surface area contributed by atoms with Crippen LogP contribution < -0.4 is 9.94 Å². The number of fused-ring (bicyclic) bond motifs is 1. The molecule has 0 amide bonds. The van der Waals surface area contributed by atoms with Gasteiger partial charge in [-0.25, -0.2) is 0 Å². The molecule has 0 spiro atoms. The van der Waals surface area contributed by atoms with Crippen LogP contribution in [0.25, 0.3) is 11.0 Å². The van der Waals surface area contributed by atoms with Gasteiger partial charge >= 0.3 is 0 Å². The third-order valence-electron chi connectivity index (χ3n) is 1.63. The van der Waals surface area contributed by atoms with Gasteiger partial charge in [-0.2, -0.15) is 0 Å². The predicted octanol–water partition coefficient (Wildman–Crippen LogP) is -1.77. The molecule has 1 radical (unpaired) electrons. The first-order chi connectivity index (χ1) is 6.77. The molecule has 0 saturated heterocycles. The van der Waals surface area contributed by atoms with Crippen molar-refractivity contribution in [3.8, 4) is 0 Å². The summed E-state index contributed by atoms with van der Waals surface area (Å²) in [6, 6.07) is 7.07. The normalized spacial score (nSPS) is 9.60. The third-order valence-corrected chi connectivity index (χ3v) is 1.63. The minimum atomic E-state index is -1.30. The molecule has 1 heterocycles. The zero-order valence-electron chi connectivity index (χ0n) is 8.08. The van der Waals surface area contributed by atoms with Crippen LogP contribution in [0.15, 0.2) is 24.3 Å². The maximum absolute atomic E-state index is 10.1. The fourth-order valence-corrected chi connectivity index (χ4v) is 1.06. The van der Waals surface area contributed by atoms with Crippen LogP contribution in [0.4, 0.5) is 0 Å². The van der Waals surface area contributed by atoms with Crippen LogP contribution in [-0.2, 0) is 4.79 Å². The number of rotatable bonds is 3. The first-order valence-corrected chi connectivity index (χ1v) is 3.91. The minimum Gasteiger partial charge on any atom is -0.546 e. The van der Waals surface area contributed by atoms with E-state index in [1.807, 2.05) is 0 Å². The van der Waals surface area contributed by atoms with Gasteiger partial charge in [0.1, 0.15) is 11.0 Å². The maximum Gasteiger partial charge on any atom is 0.156 e. The molecule has 2 aromatic rings. The Hall–Kier alpha value is -0.474. The molecule has 0 atom stereocenters. The van der Waals surface area contributed by atoms with E-state index in [0.717, 1.165) is 4.85 Å². The van der Waals surface area contributed by atoms with E-state index in [1.54, 1.807) is 24.3 Å². The van der Waals surface area contributed by atoms with Crippen molar-refractivity contribution >= 4 is 68.4 Å². The fraction of sp³-hybridized carbons (Fsp3) is 0.125. The molecular weight excluding hydrogens is 225 g/mol. The van der Waals surface area contributed by atoms with E-state index in [9.17, 15) is 9.90 Å². The van der Waals surface area contributed by atoms with Gasteiger partial charge in [0, 0.05) is 51.4 Å². The second-order valence-electron chi connectivity index (χ2n) is 2.60. The maximum atomic E-state index is 10.1. The van der Waals surface area contributed by atoms with Crippen LogP contribution in [0.3, 0.4) is 0 Å². The van der Waals surface area contributed by atoms with Gasteiger partial charge in [-0.15, -0.1) is 5.10 Å². The molecule has 0 N–H and O–H groups in total. The fourth-order valence-electron chi connectivity index (χ4n) is 1.06. The van der Waals surface area contributed by atoms with Gasteiger partial charge < -0.3 is 14.7 Å². The van der Waals surface area contributed by atoms with Crippen molar-refractivity contribution in [3.63, 3.8) is 0 Å². The van der Waals surface area contributed by atoms with E-state index < -0.39 is 12.6 Å². The van der Waals surface area contributed by atoms with Crippen molar-refractivity contribution < 1.29 is 14.7 Å². The molecule has 0 unspecified atom stereocenters. The van der Waals surface area contributed by atoms with Gasteiger partial charge in [0.25, 0.3) is 0 Å². The summed E-state index contributed by atoms with van der Waals surface area (Å²) in [5, 5.41) is 17.5. The van der Waals surface area contributed by atoms with Crippen LogP contribution in [0.5, 0.6) is 0 Å².